The van der Waals surface area contributed by atoms with Gasteiger partial charge in [0.2, 0.25) is 5.91 Å². The zero-order chi connectivity index (χ0) is 22.5. The molecule has 164 valence electrons. The highest BCUT2D eigenvalue weighted by Crippen LogP contribution is 2.33. The van der Waals surface area contributed by atoms with Crippen LogP contribution in [-0.4, -0.2) is 21.6 Å². The van der Waals surface area contributed by atoms with Crippen molar-refractivity contribution < 1.29 is 4.79 Å². The number of nitrogens with zero attached hydrogens (tertiary/aromatic N) is 3. The number of pyridine rings is 1. The van der Waals surface area contributed by atoms with Crippen molar-refractivity contribution in [3.8, 4) is 0 Å². The summed E-state index contributed by atoms with van der Waals surface area (Å²) in [5.41, 5.74) is 4.36. The van der Waals surface area contributed by atoms with Crippen molar-refractivity contribution >= 4 is 56.0 Å². The Morgan fingerprint density at radius 2 is 1.84 bits per heavy atom. The summed E-state index contributed by atoms with van der Waals surface area (Å²) in [7, 11) is 0. The van der Waals surface area contributed by atoms with Gasteiger partial charge in [0, 0.05) is 28.7 Å². The van der Waals surface area contributed by atoms with E-state index in [1.54, 1.807) is 35.5 Å². The lowest BCUT2D eigenvalue weighted by Gasteiger charge is -2.20. The second-order valence-corrected chi connectivity index (χ2v) is 10.3. The van der Waals surface area contributed by atoms with Gasteiger partial charge in [-0.15, -0.1) is 11.8 Å². The van der Waals surface area contributed by atoms with Crippen molar-refractivity contribution in [1.82, 2.24) is 9.97 Å². The number of anilines is 1. The number of rotatable bonds is 8. The number of halogens is 1. The summed E-state index contributed by atoms with van der Waals surface area (Å²) in [6.45, 7) is 4.66. The molecule has 0 bridgehead atoms. The minimum absolute atomic E-state index is 0.0898. The average Bonchev–Trinajstić information content (AvgIpc) is 3.21. The Morgan fingerprint density at radius 3 is 2.59 bits per heavy atom. The monoisotopic (exact) mass is 481 g/mol. The second-order valence-electron chi connectivity index (χ2n) is 7.67. The molecule has 2 aromatic heterocycles. The molecule has 7 heteroatoms. The fourth-order valence-corrected chi connectivity index (χ4v) is 5.50. The van der Waals surface area contributed by atoms with Gasteiger partial charge in [0.1, 0.15) is 0 Å². The summed E-state index contributed by atoms with van der Waals surface area (Å²) < 4.78 is 1.14. The Morgan fingerprint density at radius 1 is 1.09 bits per heavy atom. The molecular formula is C25H24ClN3OS2. The molecule has 4 nitrogen and oxygen atoms in total. The van der Waals surface area contributed by atoms with Gasteiger partial charge in [0.15, 0.2) is 5.13 Å². The molecule has 0 aliphatic rings. The molecule has 2 aromatic carbocycles. The van der Waals surface area contributed by atoms with Crippen LogP contribution in [0.5, 0.6) is 0 Å². The number of aryl methyl sites for hydroxylation is 2. The first-order chi connectivity index (χ1) is 15.5. The minimum Gasteiger partial charge on any atom is -0.284 e. The number of carbonyl (C=O) groups excluding carboxylic acids is 1. The quantitative estimate of drug-likeness (QED) is 0.199. The highest BCUT2D eigenvalue weighted by Gasteiger charge is 2.20. The second kappa shape index (κ2) is 10.5. The van der Waals surface area contributed by atoms with Gasteiger partial charge in [-0.05, 0) is 85.2 Å². The van der Waals surface area contributed by atoms with Crippen LogP contribution in [-0.2, 0) is 11.3 Å². The molecule has 0 unspecified atom stereocenters. The fraction of sp³-hybridized carbons (Fsp3) is 0.240. The lowest BCUT2D eigenvalue weighted by molar-refractivity contribution is -0.118. The van der Waals surface area contributed by atoms with Gasteiger partial charge in [-0.25, -0.2) is 4.98 Å². The van der Waals surface area contributed by atoms with Gasteiger partial charge in [-0.3, -0.25) is 14.7 Å². The van der Waals surface area contributed by atoms with Gasteiger partial charge in [0.05, 0.1) is 16.8 Å². The molecule has 4 rings (SSSR count). The molecule has 0 radical (unpaired) electrons. The molecular weight excluding hydrogens is 458 g/mol. The van der Waals surface area contributed by atoms with E-state index in [-0.39, 0.29) is 5.91 Å². The van der Waals surface area contributed by atoms with Crippen LogP contribution < -0.4 is 4.90 Å². The van der Waals surface area contributed by atoms with E-state index in [0.717, 1.165) is 43.0 Å². The lowest BCUT2D eigenvalue weighted by atomic mass is 10.1. The van der Waals surface area contributed by atoms with Crippen LogP contribution in [0.3, 0.4) is 0 Å². The number of benzene rings is 2. The smallest absolute Gasteiger partial charge is 0.229 e. The number of aromatic nitrogens is 2. The Labute approximate surface area is 201 Å². The topological polar surface area (TPSA) is 46.1 Å². The van der Waals surface area contributed by atoms with E-state index >= 15 is 0 Å². The molecule has 2 heterocycles. The number of fused-ring (bicyclic) bond motifs is 1. The third-order valence-electron chi connectivity index (χ3n) is 5.05. The zero-order valence-electron chi connectivity index (χ0n) is 18.0. The normalized spacial score (nSPS) is 11.1. The standard InChI is InChI=1S/C25H24ClN3OS2/c1-17-14-18(2)24-22(15-17)28-25(32-24)29(16-19-9-11-27-12-10-19)23(30)4-3-13-31-21-7-5-20(26)6-8-21/h5-12,14-15H,3-4,13,16H2,1-2H3. The van der Waals surface area contributed by atoms with Gasteiger partial charge in [-0.2, -0.15) is 0 Å². The molecule has 1 amide bonds. The van der Waals surface area contributed by atoms with Crippen LogP contribution in [0.2, 0.25) is 5.02 Å². The molecule has 4 aromatic rings. The number of thiazole rings is 1. The van der Waals surface area contributed by atoms with Gasteiger partial charge < -0.3 is 0 Å². The molecule has 0 N–H and O–H groups in total. The molecule has 0 spiro atoms. The van der Waals surface area contributed by atoms with E-state index in [9.17, 15) is 4.79 Å². The maximum atomic E-state index is 13.3. The highest BCUT2D eigenvalue weighted by molar-refractivity contribution is 7.99. The van der Waals surface area contributed by atoms with Crippen molar-refractivity contribution in [2.24, 2.45) is 0 Å². The molecule has 0 aliphatic carbocycles. The van der Waals surface area contributed by atoms with Gasteiger partial charge >= 0.3 is 0 Å². The van der Waals surface area contributed by atoms with E-state index in [2.05, 4.69) is 31.0 Å². The van der Waals surface area contributed by atoms with Crippen molar-refractivity contribution in [3.05, 3.63) is 82.6 Å². The number of amides is 1. The summed E-state index contributed by atoms with van der Waals surface area (Å²) in [6.07, 6.45) is 4.78. The number of carbonyl (C=O) groups is 1. The van der Waals surface area contributed by atoms with Crippen LogP contribution in [0.15, 0.2) is 65.8 Å². The number of thioether (sulfide) groups is 1. The largest absolute Gasteiger partial charge is 0.284 e. The minimum atomic E-state index is 0.0898. The van der Waals surface area contributed by atoms with Crippen molar-refractivity contribution in [2.75, 3.05) is 10.7 Å². The first-order valence-corrected chi connectivity index (χ1v) is 12.6. The predicted octanol–water partition coefficient (Wildman–Crippen LogP) is 7.07. The Hall–Kier alpha value is -2.41. The molecule has 0 aliphatic heterocycles. The molecule has 0 atom stereocenters. The fourth-order valence-electron chi connectivity index (χ4n) is 3.49. The third-order valence-corrected chi connectivity index (χ3v) is 7.63. The molecule has 0 fully saturated rings. The SMILES string of the molecule is Cc1cc(C)c2sc(N(Cc3ccncc3)C(=O)CCCSc3ccc(Cl)cc3)nc2c1. The predicted molar refractivity (Wildman–Crippen MR) is 136 cm³/mol. The Bertz CT molecular complexity index is 1210. The maximum Gasteiger partial charge on any atom is 0.229 e. The van der Waals surface area contributed by atoms with Gasteiger partial charge in [0.25, 0.3) is 0 Å². The molecule has 32 heavy (non-hydrogen) atoms. The lowest BCUT2D eigenvalue weighted by Crippen LogP contribution is -2.30. The van der Waals surface area contributed by atoms with Crippen LogP contribution in [0.4, 0.5) is 5.13 Å². The van der Waals surface area contributed by atoms with E-state index < -0.39 is 0 Å². The van der Waals surface area contributed by atoms with Crippen LogP contribution in [0, 0.1) is 13.8 Å². The third kappa shape index (κ3) is 5.68. The summed E-state index contributed by atoms with van der Waals surface area (Å²) in [5.74, 6) is 0.959. The van der Waals surface area contributed by atoms with E-state index in [4.69, 9.17) is 16.6 Å². The van der Waals surface area contributed by atoms with Crippen molar-refractivity contribution in [1.29, 1.82) is 0 Å². The summed E-state index contributed by atoms with van der Waals surface area (Å²) in [6, 6.07) is 15.9. The Kier molecular flexibility index (Phi) is 7.45. The zero-order valence-corrected chi connectivity index (χ0v) is 20.4. The summed E-state index contributed by atoms with van der Waals surface area (Å²) >= 11 is 9.28. The average molecular weight is 482 g/mol. The van der Waals surface area contributed by atoms with E-state index in [1.807, 2.05) is 41.3 Å². The van der Waals surface area contributed by atoms with Crippen LogP contribution in [0.25, 0.3) is 10.2 Å². The van der Waals surface area contributed by atoms with Crippen molar-refractivity contribution in [3.63, 3.8) is 0 Å². The summed E-state index contributed by atoms with van der Waals surface area (Å²) in [4.78, 5) is 25.2. The first kappa shape index (κ1) is 22.8. The molecule has 0 saturated heterocycles. The first-order valence-electron chi connectivity index (χ1n) is 10.4. The summed E-state index contributed by atoms with van der Waals surface area (Å²) in [5, 5.41) is 1.48. The Balaban J connectivity index is 1.49. The number of hydrogen-bond acceptors (Lipinski definition) is 5. The molecule has 0 saturated carbocycles. The number of hydrogen-bond donors (Lipinski definition) is 0. The highest BCUT2D eigenvalue weighted by atomic mass is 35.5. The van der Waals surface area contributed by atoms with Crippen molar-refractivity contribution in [2.45, 2.75) is 38.1 Å². The van der Waals surface area contributed by atoms with E-state index in [0.29, 0.717) is 13.0 Å². The van der Waals surface area contributed by atoms with E-state index in [1.165, 1.54) is 11.1 Å². The van der Waals surface area contributed by atoms with Crippen LogP contribution in [0.1, 0.15) is 29.5 Å². The van der Waals surface area contributed by atoms with Gasteiger partial charge in [-0.1, -0.05) is 29.0 Å². The maximum absolute atomic E-state index is 13.3. The van der Waals surface area contributed by atoms with Crippen LogP contribution >= 0.6 is 34.7 Å².